The van der Waals surface area contributed by atoms with Gasteiger partial charge < -0.3 is 5.11 Å². The Kier molecular flexibility index (Phi) is 2.53. The second-order valence-electron chi connectivity index (χ2n) is 4.00. The van der Waals surface area contributed by atoms with E-state index in [-0.39, 0.29) is 0 Å². The van der Waals surface area contributed by atoms with Gasteiger partial charge in [-0.3, -0.25) is 0 Å². The molecule has 0 saturated heterocycles. The molecule has 0 spiro atoms. The van der Waals surface area contributed by atoms with Crippen molar-refractivity contribution in [3.05, 3.63) is 29.8 Å². The van der Waals surface area contributed by atoms with Crippen LogP contribution in [0.2, 0.25) is 0 Å². The van der Waals surface area contributed by atoms with Crippen molar-refractivity contribution in [2.45, 2.75) is 32.1 Å². The summed E-state index contributed by atoms with van der Waals surface area (Å²) in [4.78, 5) is 0. The van der Waals surface area contributed by atoms with E-state index in [4.69, 9.17) is 5.11 Å². The summed E-state index contributed by atoms with van der Waals surface area (Å²) in [6.07, 6.45) is 6.78. The molecule has 70 valence electrons. The van der Waals surface area contributed by atoms with Crippen LogP contribution in [0.1, 0.15) is 31.2 Å². The van der Waals surface area contributed by atoms with Gasteiger partial charge in [-0.05, 0) is 36.5 Å². The van der Waals surface area contributed by atoms with E-state index in [1.165, 1.54) is 37.7 Å². The number of phenols is 1. The number of rotatable bonds is 3. The summed E-state index contributed by atoms with van der Waals surface area (Å²) in [6, 6.07) is 7.59. The van der Waals surface area contributed by atoms with Crippen LogP contribution in [0, 0.1) is 5.92 Å². The minimum atomic E-state index is 0.368. The zero-order chi connectivity index (χ0) is 9.10. The minimum Gasteiger partial charge on any atom is -0.508 e. The van der Waals surface area contributed by atoms with E-state index in [1.54, 1.807) is 12.1 Å². The van der Waals surface area contributed by atoms with Gasteiger partial charge in [0.15, 0.2) is 0 Å². The lowest BCUT2D eigenvalue weighted by Gasteiger charge is -2.25. The lowest BCUT2D eigenvalue weighted by Crippen LogP contribution is -2.11. The van der Waals surface area contributed by atoms with Crippen LogP contribution in [0.5, 0.6) is 5.75 Å². The molecule has 1 aliphatic carbocycles. The fourth-order valence-corrected chi connectivity index (χ4v) is 1.81. The van der Waals surface area contributed by atoms with Crippen LogP contribution in [-0.2, 0) is 6.42 Å². The SMILES string of the molecule is Oc1ccc(CCC2CCC2)cc1. The minimum absolute atomic E-state index is 0.368. The molecule has 0 aromatic heterocycles. The van der Waals surface area contributed by atoms with E-state index in [0.29, 0.717) is 5.75 Å². The summed E-state index contributed by atoms with van der Waals surface area (Å²) in [5.74, 6) is 1.35. The summed E-state index contributed by atoms with van der Waals surface area (Å²) >= 11 is 0. The zero-order valence-corrected chi connectivity index (χ0v) is 7.87. The van der Waals surface area contributed by atoms with E-state index in [9.17, 15) is 0 Å². The highest BCUT2D eigenvalue weighted by Crippen LogP contribution is 2.30. The topological polar surface area (TPSA) is 20.2 Å². The Labute approximate surface area is 79.4 Å². The summed E-state index contributed by atoms with van der Waals surface area (Å²) in [5, 5.41) is 9.09. The van der Waals surface area contributed by atoms with Crippen molar-refractivity contribution in [1.29, 1.82) is 0 Å². The third-order valence-corrected chi connectivity index (χ3v) is 3.00. The fraction of sp³-hybridized carbons (Fsp3) is 0.500. The molecule has 0 atom stereocenters. The second kappa shape index (κ2) is 3.82. The van der Waals surface area contributed by atoms with Crippen molar-refractivity contribution in [3.8, 4) is 5.75 Å². The summed E-state index contributed by atoms with van der Waals surface area (Å²) < 4.78 is 0. The van der Waals surface area contributed by atoms with E-state index in [1.807, 2.05) is 12.1 Å². The van der Waals surface area contributed by atoms with Gasteiger partial charge in [-0.2, -0.15) is 0 Å². The summed E-state index contributed by atoms with van der Waals surface area (Å²) in [5.41, 5.74) is 1.35. The molecule has 1 aliphatic rings. The number of phenolic OH excluding ortho intramolecular Hbond substituents is 1. The average Bonchev–Trinajstić information content (AvgIpc) is 2.05. The first kappa shape index (κ1) is 8.61. The van der Waals surface area contributed by atoms with Crippen molar-refractivity contribution >= 4 is 0 Å². The Bertz CT molecular complexity index is 259. The lowest BCUT2D eigenvalue weighted by molar-refractivity contribution is 0.296. The fourth-order valence-electron chi connectivity index (χ4n) is 1.81. The van der Waals surface area contributed by atoms with Gasteiger partial charge in [0.2, 0.25) is 0 Å². The predicted molar refractivity (Wildman–Crippen MR) is 53.8 cm³/mol. The largest absolute Gasteiger partial charge is 0.508 e. The monoisotopic (exact) mass is 176 g/mol. The highest BCUT2D eigenvalue weighted by Gasteiger charge is 2.16. The van der Waals surface area contributed by atoms with Crippen molar-refractivity contribution in [2.75, 3.05) is 0 Å². The first-order valence-electron chi connectivity index (χ1n) is 5.12. The van der Waals surface area contributed by atoms with E-state index in [0.717, 1.165) is 5.92 Å². The molecule has 2 rings (SSSR count). The van der Waals surface area contributed by atoms with Crippen LogP contribution in [0.3, 0.4) is 0 Å². The summed E-state index contributed by atoms with van der Waals surface area (Å²) in [6.45, 7) is 0. The highest BCUT2D eigenvalue weighted by atomic mass is 16.3. The van der Waals surface area contributed by atoms with Gasteiger partial charge in [0.05, 0.1) is 0 Å². The molecule has 0 aliphatic heterocycles. The van der Waals surface area contributed by atoms with Crippen LogP contribution < -0.4 is 0 Å². The van der Waals surface area contributed by atoms with Gasteiger partial charge >= 0.3 is 0 Å². The van der Waals surface area contributed by atoms with E-state index < -0.39 is 0 Å². The third kappa shape index (κ3) is 2.24. The van der Waals surface area contributed by atoms with E-state index >= 15 is 0 Å². The normalized spacial score (nSPS) is 16.9. The van der Waals surface area contributed by atoms with Crippen molar-refractivity contribution in [3.63, 3.8) is 0 Å². The van der Waals surface area contributed by atoms with Crippen LogP contribution in [0.15, 0.2) is 24.3 Å². The molecule has 0 amide bonds. The third-order valence-electron chi connectivity index (χ3n) is 3.00. The molecule has 1 N–H and O–H groups in total. The van der Waals surface area contributed by atoms with Crippen molar-refractivity contribution < 1.29 is 5.11 Å². The predicted octanol–water partition coefficient (Wildman–Crippen LogP) is 3.12. The number of benzene rings is 1. The van der Waals surface area contributed by atoms with Gasteiger partial charge in [-0.1, -0.05) is 31.4 Å². The Morgan fingerprint density at radius 1 is 1.15 bits per heavy atom. The summed E-state index contributed by atoms with van der Waals surface area (Å²) in [7, 11) is 0. The standard InChI is InChI=1S/C12H16O/c13-12-8-6-11(7-9-12)5-4-10-2-1-3-10/h6-10,13H,1-5H2. The smallest absolute Gasteiger partial charge is 0.115 e. The van der Waals surface area contributed by atoms with Gasteiger partial charge in [-0.15, -0.1) is 0 Å². The molecule has 0 unspecified atom stereocenters. The van der Waals surface area contributed by atoms with Crippen LogP contribution >= 0.6 is 0 Å². The van der Waals surface area contributed by atoms with Crippen molar-refractivity contribution in [1.82, 2.24) is 0 Å². The van der Waals surface area contributed by atoms with Crippen molar-refractivity contribution in [2.24, 2.45) is 5.92 Å². The van der Waals surface area contributed by atoms with Gasteiger partial charge in [0.25, 0.3) is 0 Å². The molecule has 1 saturated carbocycles. The maximum absolute atomic E-state index is 9.09. The number of hydrogen-bond donors (Lipinski definition) is 1. The lowest BCUT2D eigenvalue weighted by atomic mass is 9.81. The number of aryl methyl sites for hydroxylation is 1. The molecule has 0 radical (unpaired) electrons. The Balaban J connectivity index is 1.83. The first-order valence-corrected chi connectivity index (χ1v) is 5.12. The Hall–Kier alpha value is -0.980. The average molecular weight is 176 g/mol. The molecule has 13 heavy (non-hydrogen) atoms. The number of hydrogen-bond acceptors (Lipinski definition) is 1. The van der Waals surface area contributed by atoms with Gasteiger partial charge in [0.1, 0.15) is 5.75 Å². The van der Waals surface area contributed by atoms with Crippen LogP contribution in [-0.4, -0.2) is 5.11 Å². The van der Waals surface area contributed by atoms with E-state index in [2.05, 4.69) is 0 Å². The molecule has 1 heteroatoms. The van der Waals surface area contributed by atoms with Gasteiger partial charge in [-0.25, -0.2) is 0 Å². The van der Waals surface area contributed by atoms with Gasteiger partial charge in [0, 0.05) is 0 Å². The number of aromatic hydroxyl groups is 1. The molecular formula is C12H16O. The Morgan fingerprint density at radius 3 is 2.38 bits per heavy atom. The molecule has 0 bridgehead atoms. The quantitative estimate of drug-likeness (QED) is 0.750. The maximum atomic E-state index is 9.09. The molecule has 1 fully saturated rings. The van der Waals surface area contributed by atoms with Crippen LogP contribution in [0.25, 0.3) is 0 Å². The maximum Gasteiger partial charge on any atom is 0.115 e. The first-order chi connectivity index (χ1) is 6.34. The molecular weight excluding hydrogens is 160 g/mol. The zero-order valence-electron chi connectivity index (χ0n) is 7.87. The van der Waals surface area contributed by atoms with Crippen LogP contribution in [0.4, 0.5) is 0 Å². The highest BCUT2D eigenvalue weighted by molar-refractivity contribution is 5.25. The second-order valence-corrected chi connectivity index (χ2v) is 4.00. The Morgan fingerprint density at radius 2 is 1.85 bits per heavy atom. The molecule has 1 aromatic rings. The molecule has 1 aromatic carbocycles. The molecule has 1 nitrogen and oxygen atoms in total. The molecule has 0 heterocycles.